The summed E-state index contributed by atoms with van der Waals surface area (Å²) in [7, 11) is 1.78. The van der Waals surface area contributed by atoms with Gasteiger partial charge < -0.3 is 0 Å². The van der Waals surface area contributed by atoms with Crippen LogP contribution in [0.15, 0.2) is 23.0 Å². The molecule has 0 aliphatic heterocycles. The van der Waals surface area contributed by atoms with Crippen molar-refractivity contribution in [3.8, 4) is 0 Å². The van der Waals surface area contributed by atoms with E-state index in [9.17, 15) is 4.79 Å². The fraction of sp³-hybridized carbons (Fsp3) is 0.125. The summed E-state index contributed by atoms with van der Waals surface area (Å²) >= 11 is 5.84. The Morgan fingerprint density at radius 1 is 1.50 bits per heavy atom. The zero-order chi connectivity index (χ0) is 8.72. The molecule has 0 saturated carbocycles. The Labute approximate surface area is 73.6 Å². The highest BCUT2D eigenvalue weighted by Crippen LogP contribution is 2.18. The second kappa shape index (κ2) is 2.38. The molecule has 0 fully saturated rings. The zero-order valence-electron chi connectivity index (χ0n) is 6.47. The Morgan fingerprint density at radius 3 is 2.92 bits per heavy atom. The lowest BCUT2D eigenvalue weighted by atomic mass is 10.2. The van der Waals surface area contributed by atoms with Crippen molar-refractivity contribution in [2.75, 3.05) is 0 Å². The molecule has 0 spiro atoms. The minimum Gasteiger partial charge on any atom is -0.287 e. The van der Waals surface area contributed by atoms with Crippen LogP contribution in [0.25, 0.3) is 10.9 Å². The number of H-pyrrole nitrogens is 1. The Morgan fingerprint density at radius 2 is 2.25 bits per heavy atom. The smallest absolute Gasteiger partial charge is 0.273 e. The van der Waals surface area contributed by atoms with Crippen LogP contribution >= 0.6 is 11.6 Å². The lowest BCUT2D eigenvalue weighted by molar-refractivity contribution is 0.783. The van der Waals surface area contributed by atoms with Gasteiger partial charge in [0.25, 0.3) is 5.56 Å². The van der Waals surface area contributed by atoms with Gasteiger partial charge in [0.05, 0.1) is 15.9 Å². The summed E-state index contributed by atoms with van der Waals surface area (Å²) in [5.74, 6) is 0. The van der Waals surface area contributed by atoms with Gasteiger partial charge in [-0.05, 0) is 12.1 Å². The van der Waals surface area contributed by atoms with Gasteiger partial charge in [-0.15, -0.1) is 0 Å². The van der Waals surface area contributed by atoms with E-state index >= 15 is 0 Å². The maximum Gasteiger partial charge on any atom is 0.273 e. The number of aryl methyl sites for hydroxylation is 1. The predicted octanol–water partition coefficient (Wildman–Crippen LogP) is 1.52. The van der Waals surface area contributed by atoms with Gasteiger partial charge in [0.2, 0.25) is 0 Å². The highest BCUT2D eigenvalue weighted by molar-refractivity contribution is 6.35. The monoisotopic (exact) mass is 182 g/mol. The van der Waals surface area contributed by atoms with Crippen molar-refractivity contribution < 1.29 is 0 Å². The van der Waals surface area contributed by atoms with Crippen molar-refractivity contribution in [2.24, 2.45) is 7.05 Å². The van der Waals surface area contributed by atoms with E-state index in [0.29, 0.717) is 10.4 Å². The fourth-order valence-electron chi connectivity index (χ4n) is 1.29. The van der Waals surface area contributed by atoms with Gasteiger partial charge in [0, 0.05) is 7.05 Å². The molecular formula is C8H7ClN2O. The molecule has 62 valence electrons. The first-order chi connectivity index (χ1) is 5.70. The number of nitrogens with zero attached hydrogens (tertiary/aromatic N) is 1. The number of rotatable bonds is 0. The Hall–Kier alpha value is -1.22. The first kappa shape index (κ1) is 7.43. The summed E-state index contributed by atoms with van der Waals surface area (Å²) in [5, 5.41) is 3.68. The van der Waals surface area contributed by atoms with E-state index in [2.05, 4.69) is 5.10 Å². The molecule has 4 heteroatoms. The summed E-state index contributed by atoms with van der Waals surface area (Å²) in [6, 6.07) is 5.37. The van der Waals surface area contributed by atoms with Gasteiger partial charge in [0.15, 0.2) is 0 Å². The molecule has 0 saturated heterocycles. The number of aromatic nitrogens is 2. The quantitative estimate of drug-likeness (QED) is 0.659. The Balaban J connectivity index is 3.09. The zero-order valence-corrected chi connectivity index (χ0v) is 7.22. The Bertz CT molecular complexity index is 483. The molecule has 0 atom stereocenters. The lowest BCUT2D eigenvalue weighted by Crippen LogP contribution is -2.01. The van der Waals surface area contributed by atoms with Crippen LogP contribution in [-0.4, -0.2) is 9.78 Å². The standard InChI is InChI=1S/C8H7ClN2O/c1-11-6-4-2-3-5(9)7(6)8(12)10-11/h2-4H,1H3,(H,10,12). The van der Waals surface area contributed by atoms with Gasteiger partial charge in [-0.1, -0.05) is 17.7 Å². The predicted molar refractivity (Wildman–Crippen MR) is 48.5 cm³/mol. The summed E-state index contributed by atoms with van der Waals surface area (Å²) < 4.78 is 1.66. The minimum absolute atomic E-state index is 0.141. The SMILES string of the molecule is Cn1[nH]c(=O)c2c(Cl)cccc21. The van der Waals surface area contributed by atoms with Crippen LogP contribution in [0.5, 0.6) is 0 Å². The van der Waals surface area contributed by atoms with Crippen LogP contribution < -0.4 is 5.56 Å². The van der Waals surface area contributed by atoms with Gasteiger partial charge >= 0.3 is 0 Å². The van der Waals surface area contributed by atoms with Gasteiger partial charge in [-0.3, -0.25) is 14.6 Å². The third-order valence-electron chi connectivity index (χ3n) is 1.85. The lowest BCUT2D eigenvalue weighted by Gasteiger charge is -1.93. The number of aromatic amines is 1. The molecule has 2 rings (SSSR count). The van der Waals surface area contributed by atoms with Crippen LogP contribution in [0.2, 0.25) is 5.02 Å². The number of benzene rings is 1. The minimum atomic E-state index is -0.141. The molecule has 12 heavy (non-hydrogen) atoms. The van der Waals surface area contributed by atoms with Crippen molar-refractivity contribution in [1.82, 2.24) is 9.78 Å². The van der Waals surface area contributed by atoms with Crippen LogP contribution in [0.3, 0.4) is 0 Å². The van der Waals surface area contributed by atoms with Crippen LogP contribution in [0.4, 0.5) is 0 Å². The third kappa shape index (κ3) is 0.865. The average molecular weight is 183 g/mol. The summed E-state index contributed by atoms with van der Waals surface area (Å²) in [5.41, 5.74) is 0.686. The highest BCUT2D eigenvalue weighted by Gasteiger charge is 2.05. The first-order valence-corrected chi connectivity index (χ1v) is 3.91. The van der Waals surface area contributed by atoms with Crippen molar-refractivity contribution in [3.63, 3.8) is 0 Å². The summed E-state index contributed by atoms with van der Waals surface area (Å²) in [4.78, 5) is 11.3. The molecule has 0 bridgehead atoms. The van der Waals surface area contributed by atoms with Crippen LogP contribution in [0, 0.1) is 0 Å². The van der Waals surface area contributed by atoms with Crippen molar-refractivity contribution in [3.05, 3.63) is 33.6 Å². The summed E-state index contributed by atoms with van der Waals surface area (Å²) in [6.07, 6.45) is 0. The molecule has 0 aliphatic carbocycles. The van der Waals surface area contributed by atoms with E-state index in [-0.39, 0.29) is 5.56 Å². The molecular weight excluding hydrogens is 176 g/mol. The number of halogens is 1. The molecule has 0 amide bonds. The van der Waals surface area contributed by atoms with Crippen LogP contribution in [0.1, 0.15) is 0 Å². The fourth-order valence-corrected chi connectivity index (χ4v) is 1.54. The van der Waals surface area contributed by atoms with Gasteiger partial charge in [-0.25, -0.2) is 0 Å². The number of fused-ring (bicyclic) bond motifs is 1. The topological polar surface area (TPSA) is 37.8 Å². The van der Waals surface area contributed by atoms with Gasteiger partial charge in [0.1, 0.15) is 0 Å². The van der Waals surface area contributed by atoms with E-state index in [4.69, 9.17) is 11.6 Å². The first-order valence-electron chi connectivity index (χ1n) is 3.53. The van der Waals surface area contributed by atoms with E-state index < -0.39 is 0 Å². The molecule has 1 aromatic carbocycles. The maximum absolute atomic E-state index is 11.3. The molecule has 0 unspecified atom stereocenters. The average Bonchev–Trinajstić information content (AvgIpc) is 2.29. The molecule has 3 nitrogen and oxygen atoms in total. The molecule has 1 aromatic heterocycles. The third-order valence-corrected chi connectivity index (χ3v) is 2.16. The Kier molecular flexibility index (Phi) is 1.48. The van der Waals surface area contributed by atoms with Crippen molar-refractivity contribution in [1.29, 1.82) is 0 Å². The van der Waals surface area contributed by atoms with Crippen molar-refractivity contribution in [2.45, 2.75) is 0 Å². The molecule has 1 N–H and O–H groups in total. The molecule has 2 aromatic rings. The van der Waals surface area contributed by atoms with E-state index in [1.54, 1.807) is 17.8 Å². The molecule has 1 heterocycles. The van der Waals surface area contributed by atoms with Crippen LogP contribution in [-0.2, 0) is 7.05 Å². The summed E-state index contributed by atoms with van der Waals surface area (Å²) in [6.45, 7) is 0. The van der Waals surface area contributed by atoms with E-state index in [1.165, 1.54) is 0 Å². The maximum atomic E-state index is 11.3. The van der Waals surface area contributed by atoms with Crippen molar-refractivity contribution >= 4 is 22.5 Å². The number of hydrogen-bond donors (Lipinski definition) is 1. The second-order valence-electron chi connectivity index (χ2n) is 2.63. The number of hydrogen-bond acceptors (Lipinski definition) is 1. The number of nitrogens with one attached hydrogen (secondary N) is 1. The highest BCUT2D eigenvalue weighted by atomic mass is 35.5. The van der Waals surface area contributed by atoms with E-state index in [0.717, 1.165) is 5.52 Å². The van der Waals surface area contributed by atoms with E-state index in [1.807, 2.05) is 12.1 Å². The largest absolute Gasteiger partial charge is 0.287 e. The molecule has 0 radical (unpaired) electrons. The van der Waals surface area contributed by atoms with Gasteiger partial charge in [-0.2, -0.15) is 0 Å². The normalized spacial score (nSPS) is 10.8. The second-order valence-corrected chi connectivity index (χ2v) is 3.04. The molecule has 0 aliphatic rings.